The Morgan fingerprint density at radius 1 is 1.30 bits per heavy atom. The predicted molar refractivity (Wildman–Crippen MR) is 111 cm³/mol. The standard InChI is InChI=1S/C22H27FN4O3/c1-13-5-6-17-19(27(13)22(28)29)8-7-16(21(17)30-15-3-2-4-15)14-9-25-26(12-14)20-11-24-10-18(20)23/h7-9,12-13,15,18,20,24H,2-6,10-11H2,1H3,(H,28,29)/t13-,18-,20+/m0/s1. The molecule has 30 heavy (non-hydrogen) atoms. The highest BCUT2D eigenvalue weighted by Crippen LogP contribution is 2.44. The Morgan fingerprint density at radius 3 is 2.80 bits per heavy atom. The first-order chi connectivity index (χ1) is 14.5. The van der Waals surface area contributed by atoms with Gasteiger partial charge in [0.2, 0.25) is 0 Å². The summed E-state index contributed by atoms with van der Waals surface area (Å²) in [6, 6.07) is 3.41. The molecule has 1 saturated carbocycles. The van der Waals surface area contributed by atoms with Gasteiger partial charge in [-0.3, -0.25) is 9.58 Å². The number of nitrogens with one attached hydrogen (secondary N) is 1. The van der Waals surface area contributed by atoms with Crippen LogP contribution in [0.1, 0.15) is 44.2 Å². The number of ether oxygens (including phenoxy) is 1. The van der Waals surface area contributed by atoms with Crippen molar-refractivity contribution in [2.24, 2.45) is 0 Å². The molecule has 0 radical (unpaired) electrons. The van der Waals surface area contributed by atoms with Crippen molar-refractivity contribution in [3.8, 4) is 16.9 Å². The quantitative estimate of drug-likeness (QED) is 0.796. The highest BCUT2D eigenvalue weighted by molar-refractivity contribution is 5.91. The largest absolute Gasteiger partial charge is 0.489 e. The maximum atomic E-state index is 14.2. The van der Waals surface area contributed by atoms with Crippen molar-refractivity contribution >= 4 is 11.8 Å². The van der Waals surface area contributed by atoms with Gasteiger partial charge in [0.05, 0.1) is 24.0 Å². The number of hydrogen-bond acceptors (Lipinski definition) is 4. The Bertz CT molecular complexity index is 958. The van der Waals surface area contributed by atoms with Crippen LogP contribution in [0.3, 0.4) is 0 Å². The van der Waals surface area contributed by atoms with Crippen molar-refractivity contribution < 1.29 is 19.0 Å². The van der Waals surface area contributed by atoms with Gasteiger partial charge in [0.1, 0.15) is 11.9 Å². The Hall–Kier alpha value is -2.61. The molecule has 3 heterocycles. The van der Waals surface area contributed by atoms with Crippen LogP contribution in [0.15, 0.2) is 24.5 Å². The monoisotopic (exact) mass is 414 g/mol. The minimum absolute atomic E-state index is 0.0727. The minimum atomic E-state index is -0.961. The van der Waals surface area contributed by atoms with Crippen LogP contribution in [-0.4, -0.2) is 52.4 Å². The van der Waals surface area contributed by atoms with E-state index in [9.17, 15) is 14.3 Å². The molecule has 1 aliphatic carbocycles. The van der Waals surface area contributed by atoms with E-state index in [1.165, 1.54) is 4.90 Å². The minimum Gasteiger partial charge on any atom is -0.489 e. The Morgan fingerprint density at radius 2 is 2.13 bits per heavy atom. The summed E-state index contributed by atoms with van der Waals surface area (Å²) in [6.07, 6.45) is 6.58. The number of carboxylic acid groups (broad SMARTS) is 1. The van der Waals surface area contributed by atoms with Gasteiger partial charge in [-0.05, 0) is 51.2 Å². The van der Waals surface area contributed by atoms with Gasteiger partial charge in [-0.15, -0.1) is 0 Å². The molecule has 0 bridgehead atoms. The van der Waals surface area contributed by atoms with Crippen molar-refractivity contribution in [1.82, 2.24) is 15.1 Å². The number of halogens is 1. The van der Waals surface area contributed by atoms with Gasteiger partial charge in [-0.2, -0.15) is 5.10 Å². The van der Waals surface area contributed by atoms with Crippen LogP contribution < -0.4 is 15.0 Å². The van der Waals surface area contributed by atoms with Gasteiger partial charge in [-0.25, -0.2) is 9.18 Å². The summed E-state index contributed by atoms with van der Waals surface area (Å²) >= 11 is 0. The van der Waals surface area contributed by atoms with Crippen molar-refractivity contribution in [3.63, 3.8) is 0 Å². The Labute approximate surface area is 174 Å². The summed E-state index contributed by atoms with van der Waals surface area (Å²) in [5, 5.41) is 17.2. The molecule has 0 spiro atoms. The topological polar surface area (TPSA) is 79.6 Å². The lowest BCUT2D eigenvalue weighted by Gasteiger charge is -2.36. The van der Waals surface area contributed by atoms with E-state index >= 15 is 0 Å². The fourth-order valence-corrected chi connectivity index (χ4v) is 4.66. The molecule has 1 saturated heterocycles. The zero-order valence-corrected chi connectivity index (χ0v) is 17.1. The number of anilines is 1. The van der Waals surface area contributed by atoms with Crippen LogP contribution in [-0.2, 0) is 6.42 Å². The van der Waals surface area contributed by atoms with Gasteiger partial charge in [0, 0.05) is 42.0 Å². The number of aromatic nitrogens is 2. The second kappa shape index (κ2) is 7.58. The predicted octanol–water partition coefficient (Wildman–Crippen LogP) is 3.78. The number of benzene rings is 1. The van der Waals surface area contributed by atoms with E-state index < -0.39 is 12.3 Å². The third kappa shape index (κ3) is 3.23. The van der Waals surface area contributed by atoms with Crippen molar-refractivity contribution in [1.29, 1.82) is 0 Å². The highest BCUT2D eigenvalue weighted by atomic mass is 19.1. The molecule has 1 aromatic carbocycles. The fraction of sp³-hybridized carbons (Fsp3) is 0.545. The molecule has 0 unspecified atom stereocenters. The van der Waals surface area contributed by atoms with Gasteiger partial charge in [0.25, 0.3) is 0 Å². The van der Waals surface area contributed by atoms with Crippen LogP contribution >= 0.6 is 0 Å². The molecular formula is C22H27FN4O3. The van der Waals surface area contributed by atoms with Gasteiger partial charge in [-0.1, -0.05) is 0 Å². The number of nitrogens with zero attached hydrogens (tertiary/aromatic N) is 3. The van der Waals surface area contributed by atoms with Crippen LogP contribution in [0.4, 0.5) is 14.9 Å². The number of rotatable bonds is 4. The number of hydrogen-bond donors (Lipinski definition) is 2. The van der Waals surface area contributed by atoms with Crippen molar-refractivity contribution in [2.75, 3.05) is 18.0 Å². The summed E-state index contributed by atoms with van der Waals surface area (Å²) < 4.78 is 22.3. The van der Waals surface area contributed by atoms with Gasteiger partial charge >= 0.3 is 6.09 Å². The second-order valence-corrected chi connectivity index (χ2v) is 8.60. The van der Waals surface area contributed by atoms with Crippen LogP contribution in [0, 0.1) is 0 Å². The molecular weight excluding hydrogens is 387 g/mol. The molecule has 3 atom stereocenters. The lowest BCUT2D eigenvalue weighted by Crippen LogP contribution is -2.41. The first-order valence-corrected chi connectivity index (χ1v) is 10.8. The summed E-state index contributed by atoms with van der Waals surface area (Å²) in [7, 11) is 0. The lowest BCUT2D eigenvalue weighted by molar-refractivity contribution is 0.119. The zero-order chi connectivity index (χ0) is 20.8. The Kier molecular flexibility index (Phi) is 4.89. The molecule has 1 aromatic heterocycles. The smallest absolute Gasteiger partial charge is 0.412 e. The molecule has 1 amide bonds. The number of alkyl halides is 1. The van der Waals surface area contributed by atoms with Crippen LogP contribution in [0.25, 0.3) is 11.1 Å². The summed E-state index contributed by atoms with van der Waals surface area (Å²) in [5.41, 5.74) is 3.41. The molecule has 2 aliphatic heterocycles. The van der Waals surface area contributed by atoms with Crippen molar-refractivity contribution in [3.05, 3.63) is 30.1 Å². The van der Waals surface area contributed by atoms with Gasteiger partial charge in [0.15, 0.2) is 0 Å². The molecule has 2 aromatic rings. The summed E-state index contributed by atoms with van der Waals surface area (Å²) in [6.45, 7) is 2.84. The van der Waals surface area contributed by atoms with E-state index in [0.717, 1.165) is 54.5 Å². The summed E-state index contributed by atoms with van der Waals surface area (Å²) in [4.78, 5) is 13.3. The van der Waals surface area contributed by atoms with E-state index in [0.29, 0.717) is 18.8 Å². The fourth-order valence-electron chi connectivity index (χ4n) is 4.66. The average Bonchev–Trinajstić information content (AvgIpc) is 3.32. The molecule has 7 nitrogen and oxygen atoms in total. The van der Waals surface area contributed by atoms with Crippen LogP contribution in [0.5, 0.6) is 5.75 Å². The lowest BCUT2D eigenvalue weighted by atomic mass is 9.91. The normalized spacial score (nSPS) is 26.3. The maximum absolute atomic E-state index is 14.2. The first-order valence-electron chi connectivity index (χ1n) is 10.8. The number of amides is 1. The average molecular weight is 414 g/mol. The zero-order valence-electron chi connectivity index (χ0n) is 17.1. The molecule has 8 heteroatoms. The molecule has 3 aliphatic rings. The van der Waals surface area contributed by atoms with Crippen LogP contribution in [0.2, 0.25) is 0 Å². The molecule has 2 fully saturated rings. The van der Waals surface area contributed by atoms with Gasteiger partial charge < -0.3 is 15.2 Å². The molecule has 160 valence electrons. The maximum Gasteiger partial charge on any atom is 0.412 e. The third-order valence-electron chi connectivity index (χ3n) is 6.65. The van der Waals surface area contributed by atoms with E-state index in [-0.39, 0.29) is 18.2 Å². The van der Waals surface area contributed by atoms with E-state index in [1.54, 1.807) is 10.9 Å². The number of fused-ring (bicyclic) bond motifs is 1. The molecule has 5 rings (SSSR count). The SMILES string of the molecule is C[C@H]1CCc2c(ccc(-c3cnn([C@@H]4CNC[C@@H]4F)c3)c2OC2CCC2)N1C(=O)O. The Balaban J connectivity index is 1.57. The summed E-state index contributed by atoms with van der Waals surface area (Å²) in [5.74, 6) is 0.760. The molecule has 2 N–H and O–H groups in total. The second-order valence-electron chi connectivity index (χ2n) is 8.60. The third-order valence-corrected chi connectivity index (χ3v) is 6.65. The highest BCUT2D eigenvalue weighted by Gasteiger charge is 2.33. The van der Waals surface area contributed by atoms with E-state index in [1.807, 2.05) is 25.3 Å². The number of carbonyl (C=O) groups is 1. The van der Waals surface area contributed by atoms with E-state index in [2.05, 4.69) is 10.4 Å². The first kappa shape index (κ1) is 19.4. The van der Waals surface area contributed by atoms with E-state index in [4.69, 9.17) is 4.74 Å². The van der Waals surface area contributed by atoms with Crippen molar-refractivity contribution in [2.45, 2.75) is 63.4 Å².